The standard InChI is InChI=1S/C14H12N2O/c1-2-17-13-6-4-12(5-7-13)14-8-3-11(9-15)10-16-14/h3-8,10H,2H2,1H3. The summed E-state index contributed by atoms with van der Waals surface area (Å²) >= 11 is 0. The second-order valence-electron chi connectivity index (χ2n) is 3.50. The van der Waals surface area contributed by atoms with Gasteiger partial charge in [0.2, 0.25) is 0 Å². The normalized spacial score (nSPS) is 9.65. The van der Waals surface area contributed by atoms with E-state index < -0.39 is 0 Å². The quantitative estimate of drug-likeness (QED) is 0.805. The lowest BCUT2D eigenvalue weighted by molar-refractivity contribution is 0.340. The van der Waals surface area contributed by atoms with Crippen LogP contribution in [-0.2, 0) is 0 Å². The van der Waals surface area contributed by atoms with Gasteiger partial charge in [-0.1, -0.05) is 0 Å². The molecule has 0 spiro atoms. The zero-order chi connectivity index (χ0) is 12.1. The average molecular weight is 224 g/mol. The van der Waals surface area contributed by atoms with Crippen molar-refractivity contribution in [3.63, 3.8) is 0 Å². The van der Waals surface area contributed by atoms with Gasteiger partial charge in [-0.05, 0) is 43.3 Å². The Labute approximate surface area is 100 Å². The fourth-order valence-corrected chi connectivity index (χ4v) is 1.52. The van der Waals surface area contributed by atoms with E-state index in [1.165, 1.54) is 0 Å². The third kappa shape index (κ3) is 2.61. The van der Waals surface area contributed by atoms with Crippen LogP contribution in [0.2, 0.25) is 0 Å². The van der Waals surface area contributed by atoms with Gasteiger partial charge >= 0.3 is 0 Å². The van der Waals surface area contributed by atoms with Gasteiger partial charge in [0.1, 0.15) is 11.8 Å². The number of nitrogens with zero attached hydrogens (tertiary/aromatic N) is 2. The molecule has 3 nitrogen and oxygen atoms in total. The van der Waals surface area contributed by atoms with E-state index in [0.717, 1.165) is 17.0 Å². The van der Waals surface area contributed by atoms with E-state index in [-0.39, 0.29) is 0 Å². The van der Waals surface area contributed by atoms with Crippen LogP contribution in [0.4, 0.5) is 0 Å². The van der Waals surface area contributed by atoms with Gasteiger partial charge in [-0.25, -0.2) is 0 Å². The van der Waals surface area contributed by atoms with Crippen LogP contribution < -0.4 is 4.74 Å². The lowest BCUT2D eigenvalue weighted by Gasteiger charge is -2.04. The minimum atomic E-state index is 0.569. The predicted molar refractivity (Wildman–Crippen MR) is 65.6 cm³/mol. The Kier molecular flexibility index (Phi) is 3.37. The summed E-state index contributed by atoms with van der Waals surface area (Å²) in [6.45, 7) is 2.62. The van der Waals surface area contributed by atoms with Crippen molar-refractivity contribution in [2.75, 3.05) is 6.61 Å². The molecule has 0 radical (unpaired) electrons. The number of rotatable bonds is 3. The maximum absolute atomic E-state index is 8.69. The fourth-order valence-electron chi connectivity index (χ4n) is 1.52. The molecule has 1 aromatic carbocycles. The summed E-state index contributed by atoms with van der Waals surface area (Å²) in [6, 6.07) is 13.4. The third-order valence-electron chi connectivity index (χ3n) is 2.35. The summed E-state index contributed by atoms with van der Waals surface area (Å²) in [5, 5.41) is 8.69. The van der Waals surface area contributed by atoms with Crippen LogP contribution >= 0.6 is 0 Å². The SMILES string of the molecule is CCOc1ccc(-c2ccc(C#N)cn2)cc1. The van der Waals surface area contributed by atoms with E-state index in [0.29, 0.717) is 12.2 Å². The van der Waals surface area contributed by atoms with Crippen molar-refractivity contribution in [3.8, 4) is 23.1 Å². The van der Waals surface area contributed by atoms with E-state index in [4.69, 9.17) is 10.00 Å². The molecule has 0 fully saturated rings. The van der Waals surface area contributed by atoms with Crippen molar-refractivity contribution < 1.29 is 4.74 Å². The molecule has 0 unspecified atom stereocenters. The fraction of sp³-hybridized carbons (Fsp3) is 0.143. The largest absolute Gasteiger partial charge is 0.494 e. The molecule has 0 aliphatic heterocycles. The zero-order valence-corrected chi connectivity index (χ0v) is 9.55. The van der Waals surface area contributed by atoms with Gasteiger partial charge in [0.05, 0.1) is 17.9 Å². The Morgan fingerprint density at radius 3 is 2.47 bits per heavy atom. The van der Waals surface area contributed by atoms with Crippen molar-refractivity contribution >= 4 is 0 Å². The number of hydrogen-bond acceptors (Lipinski definition) is 3. The number of nitriles is 1. The summed E-state index contributed by atoms with van der Waals surface area (Å²) in [5.41, 5.74) is 2.43. The predicted octanol–water partition coefficient (Wildman–Crippen LogP) is 3.02. The molecule has 0 atom stereocenters. The molecule has 0 bridgehead atoms. The molecule has 1 heterocycles. The first-order valence-electron chi connectivity index (χ1n) is 5.43. The Morgan fingerprint density at radius 1 is 1.18 bits per heavy atom. The second kappa shape index (κ2) is 5.13. The van der Waals surface area contributed by atoms with Crippen LogP contribution in [0.1, 0.15) is 12.5 Å². The van der Waals surface area contributed by atoms with Crippen LogP contribution in [0.3, 0.4) is 0 Å². The molecule has 1 aromatic heterocycles. The summed E-state index contributed by atoms with van der Waals surface area (Å²) in [5.74, 6) is 0.852. The summed E-state index contributed by atoms with van der Waals surface area (Å²) in [6.07, 6.45) is 1.58. The lowest BCUT2D eigenvalue weighted by Crippen LogP contribution is -1.91. The molecule has 0 aliphatic rings. The number of pyridine rings is 1. The highest BCUT2D eigenvalue weighted by molar-refractivity contribution is 5.60. The molecule has 0 saturated heterocycles. The molecule has 84 valence electrons. The molecule has 0 N–H and O–H groups in total. The van der Waals surface area contributed by atoms with Crippen molar-refractivity contribution in [1.82, 2.24) is 4.98 Å². The van der Waals surface area contributed by atoms with Crippen LogP contribution in [0.25, 0.3) is 11.3 Å². The molecule has 0 aliphatic carbocycles. The second-order valence-corrected chi connectivity index (χ2v) is 3.50. The maximum atomic E-state index is 8.69. The first-order valence-corrected chi connectivity index (χ1v) is 5.43. The molecule has 17 heavy (non-hydrogen) atoms. The Hall–Kier alpha value is -2.34. The number of benzene rings is 1. The first kappa shape index (κ1) is 11.2. The van der Waals surface area contributed by atoms with E-state index in [2.05, 4.69) is 4.98 Å². The zero-order valence-electron chi connectivity index (χ0n) is 9.55. The maximum Gasteiger partial charge on any atom is 0.119 e. The summed E-state index contributed by atoms with van der Waals surface area (Å²) in [7, 11) is 0. The van der Waals surface area contributed by atoms with Crippen LogP contribution in [-0.4, -0.2) is 11.6 Å². The molecular formula is C14H12N2O. The topological polar surface area (TPSA) is 45.9 Å². The molecule has 2 aromatic rings. The lowest BCUT2D eigenvalue weighted by atomic mass is 10.1. The highest BCUT2D eigenvalue weighted by atomic mass is 16.5. The minimum Gasteiger partial charge on any atom is -0.494 e. The van der Waals surface area contributed by atoms with Gasteiger partial charge in [0.25, 0.3) is 0 Å². The van der Waals surface area contributed by atoms with E-state index in [1.54, 1.807) is 12.3 Å². The average Bonchev–Trinajstić information content (AvgIpc) is 2.40. The highest BCUT2D eigenvalue weighted by Crippen LogP contribution is 2.20. The molecule has 3 heteroatoms. The summed E-state index contributed by atoms with van der Waals surface area (Å²) < 4.78 is 5.37. The van der Waals surface area contributed by atoms with Crippen molar-refractivity contribution in [2.24, 2.45) is 0 Å². The number of ether oxygens (including phenoxy) is 1. The van der Waals surface area contributed by atoms with Crippen molar-refractivity contribution in [3.05, 3.63) is 48.2 Å². The van der Waals surface area contributed by atoms with Gasteiger partial charge < -0.3 is 4.74 Å². The first-order chi connectivity index (χ1) is 8.33. The molecule has 2 rings (SSSR count). The Balaban J connectivity index is 2.24. The van der Waals surface area contributed by atoms with Crippen LogP contribution in [0.5, 0.6) is 5.75 Å². The summed E-state index contributed by atoms with van der Waals surface area (Å²) in [4.78, 5) is 4.23. The number of hydrogen-bond donors (Lipinski definition) is 0. The van der Waals surface area contributed by atoms with Crippen molar-refractivity contribution in [2.45, 2.75) is 6.92 Å². The number of aromatic nitrogens is 1. The van der Waals surface area contributed by atoms with E-state index in [1.807, 2.05) is 43.3 Å². The minimum absolute atomic E-state index is 0.569. The molecule has 0 saturated carbocycles. The van der Waals surface area contributed by atoms with Crippen LogP contribution in [0.15, 0.2) is 42.6 Å². The van der Waals surface area contributed by atoms with Gasteiger partial charge in [-0.15, -0.1) is 0 Å². The van der Waals surface area contributed by atoms with Gasteiger partial charge in [0, 0.05) is 11.8 Å². The van der Waals surface area contributed by atoms with Crippen molar-refractivity contribution in [1.29, 1.82) is 5.26 Å². The van der Waals surface area contributed by atoms with E-state index in [9.17, 15) is 0 Å². The van der Waals surface area contributed by atoms with Crippen LogP contribution in [0, 0.1) is 11.3 Å². The van der Waals surface area contributed by atoms with Gasteiger partial charge in [-0.2, -0.15) is 5.26 Å². The smallest absolute Gasteiger partial charge is 0.119 e. The third-order valence-corrected chi connectivity index (χ3v) is 2.35. The van der Waals surface area contributed by atoms with Gasteiger partial charge in [-0.3, -0.25) is 4.98 Å². The molecule has 0 amide bonds. The van der Waals surface area contributed by atoms with E-state index >= 15 is 0 Å². The Morgan fingerprint density at radius 2 is 1.94 bits per heavy atom. The highest BCUT2D eigenvalue weighted by Gasteiger charge is 2.00. The molecular weight excluding hydrogens is 212 g/mol. The Bertz CT molecular complexity index is 524. The van der Waals surface area contributed by atoms with Gasteiger partial charge in [0.15, 0.2) is 0 Å². The monoisotopic (exact) mass is 224 g/mol.